The number of nitrogens with zero attached hydrogens (tertiary/aromatic N) is 9. The van der Waals surface area contributed by atoms with Crippen molar-refractivity contribution in [3.8, 4) is 0 Å². The summed E-state index contributed by atoms with van der Waals surface area (Å²) in [7, 11) is 0. The van der Waals surface area contributed by atoms with Gasteiger partial charge in [-0.2, -0.15) is 4.52 Å². The van der Waals surface area contributed by atoms with Gasteiger partial charge in [0.2, 0.25) is 0 Å². The molecule has 9 nitrogen and oxygen atoms in total. The van der Waals surface area contributed by atoms with Crippen LogP contribution in [0.2, 0.25) is 0 Å². The first-order chi connectivity index (χ1) is 17.1. The molecule has 4 aromatic heterocycles. The number of pyridine rings is 1. The second kappa shape index (κ2) is 9.33. The Morgan fingerprint density at radius 1 is 0.972 bits per heavy atom. The third-order valence-electron chi connectivity index (χ3n) is 6.69. The zero-order valence-electron chi connectivity index (χ0n) is 22.0. The van der Waals surface area contributed by atoms with Crippen LogP contribution in [0.25, 0.3) is 16.6 Å². The molecule has 0 aliphatic heterocycles. The van der Waals surface area contributed by atoms with Crippen LogP contribution in [0.3, 0.4) is 0 Å². The second-order valence-corrected chi connectivity index (χ2v) is 11.9. The molecule has 36 heavy (non-hydrogen) atoms. The lowest BCUT2D eigenvalue weighted by molar-refractivity contribution is 0.121. The van der Waals surface area contributed by atoms with Crippen LogP contribution in [0.4, 0.5) is 0 Å². The monoisotopic (exact) mass is 503 g/mol. The van der Waals surface area contributed by atoms with E-state index in [1.165, 1.54) is 16.0 Å². The highest BCUT2D eigenvalue weighted by Gasteiger charge is 2.33. The number of benzene rings is 1. The molecule has 0 aliphatic rings. The fraction of sp³-hybridized carbons (Fsp3) is 0.462. The Hall–Kier alpha value is -3.24. The maximum Gasteiger partial charge on any atom is 0.184 e. The number of aryl methyl sites for hydroxylation is 2. The highest BCUT2D eigenvalue weighted by Crippen LogP contribution is 2.34. The largest absolute Gasteiger partial charge is 0.284 e. The van der Waals surface area contributed by atoms with Crippen molar-refractivity contribution in [1.29, 1.82) is 0 Å². The van der Waals surface area contributed by atoms with Gasteiger partial charge in [0.25, 0.3) is 0 Å². The van der Waals surface area contributed by atoms with Crippen LogP contribution >= 0.6 is 11.3 Å². The SMILES string of the molecule is Cc1cc2cc(CN(Cc3cccs3)[C@@H](c3nnnn3C(C)(C)C)C(C)C)c3nnnn3c2cc1C. The van der Waals surface area contributed by atoms with Crippen molar-refractivity contribution >= 4 is 27.9 Å². The van der Waals surface area contributed by atoms with Gasteiger partial charge < -0.3 is 0 Å². The van der Waals surface area contributed by atoms with E-state index in [2.05, 4.69) is 120 Å². The Balaban J connectivity index is 1.65. The van der Waals surface area contributed by atoms with Gasteiger partial charge in [0.15, 0.2) is 11.5 Å². The van der Waals surface area contributed by atoms with Gasteiger partial charge in [0.1, 0.15) is 0 Å². The molecule has 0 saturated carbocycles. The normalized spacial score (nSPS) is 13.5. The van der Waals surface area contributed by atoms with E-state index < -0.39 is 0 Å². The first kappa shape index (κ1) is 24.5. The van der Waals surface area contributed by atoms with Crippen molar-refractivity contribution in [3.05, 3.63) is 63.1 Å². The smallest absolute Gasteiger partial charge is 0.184 e. The molecule has 1 aromatic carbocycles. The van der Waals surface area contributed by atoms with E-state index in [0.717, 1.165) is 34.5 Å². The van der Waals surface area contributed by atoms with E-state index in [4.69, 9.17) is 0 Å². The van der Waals surface area contributed by atoms with E-state index in [0.29, 0.717) is 6.54 Å². The predicted molar refractivity (Wildman–Crippen MR) is 142 cm³/mol. The fourth-order valence-corrected chi connectivity index (χ4v) is 5.58. The zero-order valence-corrected chi connectivity index (χ0v) is 22.8. The van der Waals surface area contributed by atoms with E-state index in [9.17, 15) is 0 Å². The molecular formula is C26H33N9S. The van der Waals surface area contributed by atoms with Gasteiger partial charge in [-0.3, -0.25) is 4.90 Å². The Kier molecular flexibility index (Phi) is 6.34. The molecule has 188 valence electrons. The van der Waals surface area contributed by atoms with Crippen LogP contribution in [0, 0.1) is 19.8 Å². The molecule has 1 atom stereocenters. The van der Waals surface area contributed by atoms with E-state index >= 15 is 0 Å². The minimum atomic E-state index is -0.233. The molecule has 0 unspecified atom stereocenters. The molecular weight excluding hydrogens is 470 g/mol. The third kappa shape index (κ3) is 4.51. The minimum Gasteiger partial charge on any atom is -0.284 e. The molecule has 0 saturated heterocycles. The molecule has 5 rings (SSSR count). The Bertz CT molecular complexity index is 1490. The molecule has 4 heterocycles. The lowest BCUT2D eigenvalue weighted by atomic mass is 9.98. The van der Waals surface area contributed by atoms with Crippen molar-refractivity contribution in [2.75, 3.05) is 0 Å². The number of thiophene rings is 1. The van der Waals surface area contributed by atoms with Gasteiger partial charge in [-0.1, -0.05) is 19.9 Å². The molecule has 0 bridgehead atoms. The fourth-order valence-electron chi connectivity index (χ4n) is 4.85. The average molecular weight is 504 g/mol. The summed E-state index contributed by atoms with van der Waals surface area (Å²) < 4.78 is 3.82. The van der Waals surface area contributed by atoms with Gasteiger partial charge in [0, 0.05) is 28.9 Å². The number of hydrogen-bond acceptors (Lipinski definition) is 8. The van der Waals surface area contributed by atoms with Gasteiger partial charge in [-0.25, -0.2) is 4.68 Å². The maximum atomic E-state index is 4.54. The lowest BCUT2D eigenvalue weighted by Gasteiger charge is -2.35. The summed E-state index contributed by atoms with van der Waals surface area (Å²) in [6.07, 6.45) is 0. The second-order valence-electron chi connectivity index (χ2n) is 10.9. The predicted octanol–water partition coefficient (Wildman–Crippen LogP) is 5.10. The van der Waals surface area contributed by atoms with Crippen molar-refractivity contribution in [3.63, 3.8) is 0 Å². The van der Waals surface area contributed by atoms with Gasteiger partial charge in [-0.05, 0) is 102 Å². The first-order valence-corrected chi connectivity index (χ1v) is 13.2. The Labute approximate surface area is 215 Å². The van der Waals surface area contributed by atoms with Crippen LogP contribution < -0.4 is 0 Å². The maximum absolute atomic E-state index is 4.54. The molecule has 0 N–H and O–H groups in total. The third-order valence-corrected chi connectivity index (χ3v) is 7.55. The van der Waals surface area contributed by atoms with Gasteiger partial charge >= 0.3 is 0 Å². The molecule has 0 aliphatic carbocycles. The number of rotatable bonds is 7. The molecule has 5 aromatic rings. The van der Waals surface area contributed by atoms with Crippen LogP contribution in [0.15, 0.2) is 35.7 Å². The summed E-state index contributed by atoms with van der Waals surface area (Å²) in [5, 5.41) is 29.0. The highest BCUT2D eigenvalue weighted by atomic mass is 32.1. The number of tetrazole rings is 2. The zero-order chi connectivity index (χ0) is 25.6. The van der Waals surface area contributed by atoms with Crippen LogP contribution in [0.5, 0.6) is 0 Å². The molecule has 0 fully saturated rings. The molecule has 0 spiro atoms. The average Bonchev–Trinajstić information content (AvgIpc) is 3.56. The molecule has 0 radical (unpaired) electrons. The summed E-state index contributed by atoms with van der Waals surface area (Å²) in [6.45, 7) is 16.5. The highest BCUT2D eigenvalue weighted by molar-refractivity contribution is 7.09. The summed E-state index contributed by atoms with van der Waals surface area (Å²) in [5.41, 5.74) is 5.11. The van der Waals surface area contributed by atoms with Gasteiger partial charge in [-0.15, -0.1) is 21.5 Å². The Morgan fingerprint density at radius 3 is 2.42 bits per heavy atom. The van der Waals surface area contributed by atoms with E-state index in [1.807, 2.05) is 9.20 Å². The summed E-state index contributed by atoms with van der Waals surface area (Å²) >= 11 is 1.76. The minimum absolute atomic E-state index is 0.00675. The first-order valence-electron chi connectivity index (χ1n) is 12.3. The standard InChI is InChI=1S/C26H33N9S/c1-16(2)23(25-28-30-32-35(25)26(5,6)7)33(15-21-9-8-10-36-21)14-20-13-19-11-17(3)18(4)12-22(19)34-24(20)27-29-31-34/h8-13,16,23H,14-15H2,1-7H3/t23-/m1/s1. The van der Waals surface area contributed by atoms with E-state index in [1.54, 1.807) is 11.3 Å². The number of fused-ring (bicyclic) bond motifs is 3. The van der Waals surface area contributed by atoms with Crippen molar-refractivity contribution in [2.45, 2.75) is 73.1 Å². The van der Waals surface area contributed by atoms with Crippen LogP contribution in [-0.2, 0) is 18.6 Å². The van der Waals surface area contributed by atoms with Gasteiger partial charge in [0.05, 0.1) is 17.1 Å². The molecule has 0 amide bonds. The van der Waals surface area contributed by atoms with Crippen LogP contribution in [-0.4, -0.2) is 45.1 Å². The Morgan fingerprint density at radius 2 is 1.72 bits per heavy atom. The summed E-state index contributed by atoms with van der Waals surface area (Å²) in [6, 6.07) is 10.9. The van der Waals surface area contributed by atoms with Crippen molar-refractivity contribution in [1.82, 2.24) is 45.1 Å². The summed E-state index contributed by atoms with van der Waals surface area (Å²) in [4.78, 5) is 3.75. The number of aromatic nitrogens is 8. The lowest BCUT2D eigenvalue weighted by Crippen LogP contribution is -2.36. The van der Waals surface area contributed by atoms with E-state index in [-0.39, 0.29) is 17.5 Å². The summed E-state index contributed by atoms with van der Waals surface area (Å²) in [5.74, 6) is 1.14. The van der Waals surface area contributed by atoms with Crippen molar-refractivity contribution in [2.24, 2.45) is 5.92 Å². The molecule has 10 heteroatoms. The van der Waals surface area contributed by atoms with Crippen molar-refractivity contribution < 1.29 is 0 Å². The van der Waals surface area contributed by atoms with Crippen LogP contribution in [0.1, 0.15) is 68.1 Å². The number of hydrogen-bond donors (Lipinski definition) is 0. The quantitative estimate of drug-likeness (QED) is 0.305. The topological polar surface area (TPSA) is 89.9 Å².